The highest BCUT2D eigenvalue weighted by Gasteiger charge is 2.38. The normalized spacial score (nSPS) is 17.8. The van der Waals surface area contributed by atoms with Gasteiger partial charge in [-0.3, -0.25) is 9.59 Å². The first-order valence-electron chi connectivity index (χ1n) is 16.0. The maximum absolute atomic E-state index is 14.8. The van der Waals surface area contributed by atoms with Crippen molar-refractivity contribution in [2.75, 3.05) is 58.3 Å². The van der Waals surface area contributed by atoms with Crippen molar-refractivity contribution in [1.82, 2.24) is 25.0 Å². The lowest BCUT2D eigenvalue weighted by Gasteiger charge is -2.40. The van der Waals surface area contributed by atoms with Crippen LogP contribution in [0.1, 0.15) is 34.3 Å². The van der Waals surface area contributed by atoms with Gasteiger partial charge in [-0.15, -0.1) is 0 Å². The number of rotatable bonds is 7. The van der Waals surface area contributed by atoms with E-state index < -0.39 is 6.04 Å². The van der Waals surface area contributed by atoms with Crippen LogP contribution in [-0.2, 0) is 11.2 Å². The highest BCUT2D eigenvalue weighted by molar-refractivity contribution is 6.31. The minimum absolute atomic E-state index is 0.121. The van der Waals surface area contributed by atoms with Gasteiger partial charge in [0, 0.05) is 83.6 Å². The van der Waals surface area contributed by atoms with E-state index in [0.717, 1.165) is 40.7 Å². The molecule has 0 unspecified atom stereocenters. The summed E-state index contributed by atoms with van der Waals surface area (Å²) in [6.07, 6.45) is 2.74. The number of anilines is 1. The molecule has 6 rings (SSSR count). The fraction of sp³-hybridized carbons (Fsp3) is 0.361. The Morgan fingerprint density at radius 1 is 0.936 bits per heavy atom. The smallest absolute Gasteiger partial charge is 0.318 e. The van der Waals surface area contributed by atoms with Crippen LogP contribution in [0.2, 0.25) is 10.0 Å². The number of piperazine rings is 1. The molecule has 2 N–H and O–H groups in total. The van der Waals surface area contributed by atoms with Crippen LogP contribution in [0, 0.1) is 5.92 Å². The third kappa shape index (κ3) is 7.12. The summed E-state index contributed by atoms with van der Waals surface area (Å²) in [6.45, 7) is 4.77. The molecule has 2 aliphatic rings. The van der Waals surface area contributed by atoms with Gasteiger partial charge in [-0.1, -0.05) is 54.4 Å². The Kier molecular flexibility index (Phi) is 9.77. The van der Waals surface area contributed by atoms with E-state index in [0.29, 0.717) is 48.3 Å². The minimum atomic E-state index is -0.852. The zero-order chi connectivity index (χ0) is 33.2. The van der Waals surface area contributed by atoms with E-state index in [1.54, 1.807) is 34.1 Å². The molecule has 1 aromatic heterocycles. The van der Waals surface area contributed by atoms with E-state index in [1.165, 1.54) is 0 Å². The summed E-state index contributed by atoms with van der Waals surface area (Å²) in [6, 6.07) is 19.3. The maximum atomic E-state index is 14.8. The van der Waals surface area contributed by atoms with E-state index in [9.17, 15) is 14.4 Å². The van der Waals surface area contributed by atoms with Crippen molar-refractivity contribution in [3.63, 3.8) is 0 Å². The quantitative estimate of drug-likeness (QED) is 0.256. The number of benzene rings is 3. The number of halogens is 2. The van der Waals surface area contributed by atoms with Crippen molar-refractivity contribution in [2.24, 2.45) is 5.92 Å². The third-order valence-corrected chi connectivity index (χ3v) is 9.72. The van der Waals surface area contributed by atoms with Crippen LogP contribution in [-0.4, -0.2) is 96.9 Å². The van der Waals surface area contributed by atoms with Gasteiger partial charge in [0.15, 0.2) is 0 Å². The number of hydrogen-bond donors (Lipinski definition) is 2. The van der Waals surface area contributed by atoms with E-state index in [1.807, 2.05) is 74.6 Å². The molecule has 47 heavy (non-hydrogen) atoms. The molecule has 1 fully saturated rings. The molecule has 9 nitrogen and oxygen atoms in total. The van der Waals surface area contributed by atoms with Crippen molar-refractivity contribution in [3.8, 4) is 0 Å². The average molecular weight is 676 g/mol. The van der Waals surface area contributed by atoms with Crippen molar-refractivity contribution >= 4 is 57.6 Å². The molecule has 1 saturated heterocycles. The molecule has 3 atom stereocenters. The first-order valence-corrected chi connectivity index (χ1v) is 16.8. The van der Waals surface area contributed by atoms with Gasteiger partial charge in [0.2, 0.25) is 5.91 Å². The standard InChI is InChI=1S/C36H40Cl2N6O3/c1-23(30-20-39-31-10-5-4-9-29(30)31)33(35(46)44-22-24(21-41(2)3)17-26-19-28(38)11-12-32(26)44)40-36(47)43-15-13-42(14-16-43)34(45)25-7-6-8-27(37)18-25/h4-12,18-20,23-24,33,39H,13-17,21-22H2,1-3H3,(H,40,47)/t23-,24+,33+/m0/s1. The molecule has 11 heteroatoms. The molecular formula is C36H40Cl2N6O3. The summed E-state index contributed by atoms with van der Waals surface area (Å²) < 4.78 is 0. The zero-order valence-corrected chi connectivity index (χ0v) is 28.4. The number of urea groups is 1. The summed E-state index contributed by atoms with van der Waals surface area (Å²) >= 11 is 12.5. The first kappa shape index (κ1) is 32.9. The van der Waals surface area contributed by atoms with Gasteiger partial charge in [-0.25, -0.2) is 4.79 Å². The molecule has 3 heterocycles. The van der Waals surface area contributed by atoms with Crippen molar-refractivity contribution < 1.29 is 14.4 Å². The largest absolute Gasteiger partial charge is 0.361 e. The Labute approximate surface area is 285 Å². The number of fused-ring (bicyclic) bond motifs is 2. The van der Waals surface area contributed by atoms with Gasteiger partial charge in [-0.2, -0.15) is 0 Å². The van der Waals surface area contributed by atoms with E-state index >= 15 is 0 Å². The van der Waals surface area contributed by atoms with Gasteiger partial charge in [-0.05, 0) is 80.0 Å². The van der Waals surface area contributed by atoms with Crippen LogP contribution >= 0.6 is 23.2 Å². The molecule has 2 aliphatic heterocycles. The summed E-state index contributed by atoms with van der Waals surface area (Å²) in [7, 11) is 4.06. The van der Waals surface area contributed by atoms with E-state index in [2.05, 4.69) is 15.2 Å². The Balaban J connectivity index is 1.26. The van der Waals surface area contributed by atoms with Gasteiger partial charge in [0.05, 0.1) is 0 Å². The van der Waals surface area contributed by atoms with Crippen molar-refractivity contribution in [1.29, 1.82) is 0 Å². The third-order valence-electron chi connectivity index (χ3n) is 9.25. The molecule has 0 aliphatic carbocycles. The zero-order valence-electron chi connectivity index (χ0n) is 26.9. The number of H-pyrrole nitrogens is 1. The highest BCUT2D eigenvalue weighted by atomic mass is 35.5. The second kappa shape index (κ2) is 14.0. The summed E-state index contributed by atoms with van der Waals surface area (Å²) in [5.41, 5.74) is 4.29. The number of carbonyl (C=O) groups is 3. The topological polar surface area (TPSA) is 92.0 Å². The van der Waals surface area contributed by atoms with Gasteiger partial charge in [0.25, 0.3) is 5.91 Å². The fourth-order valence-corrected chi connectivity index (χ4v) is 7.31. The monoisotopic (exact) mass is 674 g/mol. The van der Waals surface area contributed by atoms with Gasteiger partial charge < -0.3 is 29.9 Å². The SMILES string of the molecule is C[C@@H](c1c[nH]c2ccccc12)[C@@H](NC(=O)N1CCN(C(=O)c2cccc(Cl)c2)CC1)C(=O)N1C[C@@H](CN(C)C)Cc2cc(Cl)ccc21. The predicted octanol–water partition coefficient (Wildman–Crippen LogP) is 5.88. The van der Waals surface area contributed by atoms with Crippen molar-refractivity contribution in [2.45, 2.75) is 25.3 Å². The van der Waals surface area contributed by atoms with E-state index in [-0.39, 0.29) is 29.7 Å². The second-order valence-electron chi connectivity index (χ2n) is 12.8. The number of para-hydroxylation sites is 1. The number of amides is 4. The van der Waals surface area contributed by atoms with Crippen LogP contribution in [0.25, 0.3) is 10.9 Å². The number of nitrogens with zero attached hydrogens (tertiary/aromatic N) is 4. The Hall–Kier alpha value is -4.05. The average Bonchev–Trinajstić information content (AvgIpc) is 3.50. The predicted molar refractivity (Wildman–Crippen MR) is 188 cm³/mol. The summed E-state index contributed by atoms with van der Waals surface area (Å²) in [5.74, 6) is -0.439. The highest BCUT2D eigenvalue weighted by Crippen LogP contribution is 2.35. The molecule has 0 bridgehead atoms. The maximum Gasteiger partial charge on any atom is 0.318 e. The fourth-order valence-electron chi connectivity index (χ4n) is 6.92. The van der Waals surface area contributed by atoms with Crippen LogP contribution in [0.3, 0.4) is 0 Å². The van der Waals surface area contributed by atoms with Crippen LogP contribution in [0.15, 0.2) is 72.9 Å². The number of hydrogen-bond acceptors (Lipinski definition) is 4. The lowest BCUT2D eigenvalue weighted by Crippen LogP contribution is -2.59. The number of carbonyl (C=O) groups excluding carboxylic acids is 3. The van der Waals surface area contributed by atoms with Crippen LogP contribution in [0.4, 0.5) is 10.5 Å². The molecule has 3 aromatic carbocycles. The second-order valence-corrected chi connectivity index (χ2v) is 13.7. The Bertz CT molecular complexity index is 1780. The molecule has 4 amide bonds. The van der Waals surface area contributed by atoms with Crippen molar-refractivity contribution in [3.05, 3.63) is 99.7 Å². The van der Waals surface area contributed by atoms with Crippen LogP contribution in [0.5, 0.6) is 0 Å². The lowest BCUT2D eigenvalue weighted by atomic mass is 9.88. The number of nitrogens with one attached hydrogen (secondary N) is 2. The summed E-state index contributed by atoms with van der Waals surface area (Å²) in [5, 5.41) is 5.29. The lowest BCUT2D eigenvalue weighted by molar-refractivity contribution is -0.121. The Morgan fingerprint density at radius 3 is 2.40 bits per heavy atom. The minimum Gasteiger partial charge on any atom is -0.361 e. The number of aromatic nitrogens is 1. The molecule has 246 valence electrons. The Morgan fingerprint density at radius 2 is 1.66 bits per heavy atom. The molecule has 4 aromatic rings. The molecular weight excluding hydrogens is 635 g/mol. The molecule has 0 radical (unpaired) electrons. The van der Waals surface area contributed by atoms with Gasteiger partial charge in [0.1, 0.15) is 6.04 Å². The number of aromatic amines is 1. The summed E-state index contributed by atoms with van der Waals surface area (Å²) in [4.78, 5) is 52.5. The molecule has 0 spiro atoms. The van der Waals surface area contributed by atoms with E-state index in [4.69, 9.17) is 23.2 Å². The van der Waals surface area contributed by atoms with Gasteiger partial charge >= 0.3 is 6.03 Å². The first-order chi connectivity index (χ1) is 22.6. The van der Waals surface area contributed by atoms with Crippen LogP contribution < -0.4 is 10.2 Å². The molecule has 0 saturated carbocycles.